The summed E-state index contributed by atoms with van der Waals surface area (Å²) < 4.78 is 0. The monoisotopic (exact) mass is 139 g/mol. The van der Waals surface area contributed by atoms with Gasteiger partial charge < -0.3 is 5.73 Å². The van der Waals surface area contributed by atoms with Crippen molar-refractivity contribution < 1.29 is 0 Å². The first-order valence-corrected chi connectivity index (χ1v) is 3.27. The summed E-state index contributed by atoms with van der Waals surface area (Å²) in [5, 5.41) is 10.8. The van der Waals surface area contributed by atoms with Crippen LogP contribution in [0.3, 0.4) is 0 Å². The van der Waals surface area contributed by atoms with E-state index in [0.717, 1.165) is 5.70 Å². The van der Waals surface area contributed by atoms with Crippen LogP contribution >= 0.6 is 0 Å². The number of nitrogens with zero attached hydrogens (tertiary/aromatic N) is 1. The number of rotatable bonds is 3. The first kappa shape index (κ1) is 8.99. The topological polar surface area (TPSA) is 61.8 Å². The van der Waals surface area contributed by atoms with Crippen molar-refractivity contribution in [3.8, 4) is 6.19 Å². The average Bonchev–Trinajstić information content (AvgIpc) is 1.87. The third-order valence-corrected chi connectivity index (χ3v) is 1.16. The van der Waals surface area contributed by atoms with E-state index in [1.54, 1.807) is 0 Å². The molecule has 0 heterocycles. The molecule has 0 saturated carbocycles. The molecule has 0 rings (SSSR count). The fraction of sp³-hybridized carbons (Fsp3) is 0.571. The van der Waals surface area contributed by atoms with Crippen molar-refractivity contribution in [2.45, 2.75) is 13.8 Å². The van der Waals surface area contributed by atoms with E-state index < -0.39 is 0 Å². The lowest BCUT2D eigenvalue weighted by Crippen LogP contribution is -2.13. The molecule has 0 aromatic rings. The van der Waals surface area contributed by atoms with Crippen LogP contribution < -0.4 is 11.1 Å². The highest BCUT2D eigenvalue weighted by molar-refractivity contribution is 5.06. The van der Waals surface area contributed by atoms with Crippen LogP contribution in [0.1, 0.15) is 13.8 Å². The van der Waals surface area contributed by atoms with Gasteiger partial charge in [-0.25, -0.2) is 0 Å². The van der Waals surface area contributed by atoms with Gasteiger partial charge in [0.05, 0.1) is 0 Å². The van der Waals surface area contributed by atoms with Crippen molar-refractivity contribution in [3.63, 3.8) is 0 Å². The summed E-state index contributed by atoms with van der Waals surface area (Å²) in [7, 11) is 0. The molecule has 0 aliphatic rings. The molecule has 0 amide bonds. The molecule has 0 aromatic heterocycles. The van der Waals surface area contributed by atoms with E-state index in [1.807, 2.05) is 26.1 Å². The minimum absolute atomic E-state index is 0.336. The smallest absolute Gasteiger partial charge is 0.181 e. The van der Waals surface area contributed by atoms with Crippen molar-refractivity contribution in [3.05, 3.63) is 11.8 Å². The van der Waals surface area contributed by atoms with Gasteiger partial charge in [-0.05, 0) is 5.92 Å². The van der Waals surface area contributed by atoms with Gasteiger partial charge in [0.1, 0.15) is 0 Å². The maximum absolute atomic E-state index is 8.27. The molecular formula is C7H13N3. The average molecular weight is 139 g/mol. The van der Waals surface area contributed by atoms with Gasteiger partial charge in [-0.3, -0.25) is 5.32 Å². The van der Waals surface area contributed by atoms with E-state index in [9.17, 15) is 0 Å². The molecule has 3 N–H and O–H groups in total. The van der Waals surface area contributed by atoms with Crippen LogP contribution in [0, 0.1) is 17.4 Å². The Kier molecular flexibility index (Phi) is 4.34. The van der Waals surface area contributed by atoms with Crippen LogP contribution in [-0.2, 0) is 0 Å². The maximum atomic E-state index is 8.27. The predicted octanol–water partition coefficient (Wildman–Crippen LogP) is 0.556. The molecule has 0 spiro atoms. The second-order valence-electron chi connectivity index (χ2n) is 2.29. The van der Waals surface area contributed by atoms with Gasteiger partial charge in [-0.2, -0.15) is 5.26 Å². The van der Waals surface area contributed by atoms with E-state index in [0.29, 0.717) is 12.5 Å². The Morgan fingerprint density at radius 2 is 2.40 bits per heavy atom. The van der Waals surface area contributed by atoms with Gasteiger partial charge >= 0.3 is 0 Å². The van der Waals surface area contributed by atoms with Gasteiger partial charge in [0, 0.05) is 12.2 Å². The van der Waals surface area contributed by atoms with Crippen molar-refractivity contribution in [1.29, 1.82) is 5.26 Å². The molecule has 3 heteroatoms. The van der Waals surface area contributed by atoms with E-state index in [2.05, 4.69) is 5.32 Å². The quantitative estimate of drug-likeness (QED) is 0.443. The van der Waals surface area contributed by atoms with E-state index in [4.69, 9.17) is 11.0 Å². The number of nitrogens with one attached hydrogen (secondary N) is 1. The molecule has 0 atom stereocenters. The SMILES string of the molecule is CC(C)C(=CCN)NC#N. The van der Waals surface area contributed by atoms with E-state index in [1.165, 1.54) is 0 Å². The summed E-state index contributed by atoms with van der Waals surface area (Å²) in [4.78, 5) is 0. The molecule has 0 fully saturated rings. The lowest BCUT2D eigenvalue weighted by molar-refractivity contribution is 0.714. The highest BCUT2D eigenvalue weighted by atomic mass is 14.9. The summed E-state index contributed by atoms with van der Waals surface area (Å²) in [5.41, 5.74) is 6.17. The minimum atomic E-state index is 0.336. The predicted molar refractivity (Wildman–Crippen MR) is 40.7 cm³/mol. The van der Waals surface area contributed by atoms with Gasteiger partial charge in [-0.15, -0.1) is 0 Å². The summed E-state index contributed by atoms with van der Waals surface area (Å²) in [6.45, 7) is 4.49. The second kappa shape index (κ2) is 4.83. The molecule has 0 aromatic carbocycles. The number of nitrogens with two attached hydrogens (primary N) is 1. The Morgan fingerprint density at radius 3 is 2.70 bits per heavy atom. The zero-order chi connectivity index (χ0) is 7.98. The van der Waals surface area contributed by atoms with Crippen LogP contribution in [-0.4, -0.2) is 6.54 Å². The summed E-state index contributed by atoms with van der Waals surface area (Å²) in [5.74, 6) is 0.336. The maximum Gasteiger partial charge on any atom is 0.181 e. The number of hydrogen-bond donors (Lipinski definition) is 2. The Morgan fingerprint density at radius 1 is 1.80 bits per heavy atom. The van der Waals surface area contributed by atoms with Crippen LogP contribution in [0.2, 0.25) is 0 Å². The fourth-order valence-corrected chi connectivity index (χ4v) is 0.623. The third kappa shape index (κ3) is 3.10. The van der Waals surface area contributed by atoms with Crippen LogP contribution in [0.15, 0.2) is 11.8 Å². The second-order valence-corrected chi connectivity index (χ2v) is 2.29. The van der Waals surface area contributed by atoms with E-state index >= 15 is 0 Å². The Bertz CT molecular complexity index is 153. The van der Waals surface area contributed by atoms with Crippen LogP contribution in [0.5, 0.6) is 0 Å². The van der Waals surface area contributed by atoms with Crippen molar-refractivity contribution in [2.24, 2.45) is 11.7 Å². The molecular weight excluding hydrogens is 126 g/mol. The highest BCUT2D eigenvalue weighted by Gasteiger charge is 1.99. The lowest BCUT2D eigenvalue weighted by atomic mass is 10.1. The molecule has 0 aliphatic carbocycles. The largest absolute Gasteiger partial charge is 0.327 e. The van der Waals surface area contributed by atoms with E-state index in [-0.39, 0.29) is 0 Å². The molecule has 0 bridgehead atoms. The Balaban J connectivity index is 4.01. The lowest BCUT2D eigenvalue weighted by Gasteiger charge is -2.06. The molecule has 0 saturated heterocycles. The summed E-state index contributed by atoms with van der Waals surface area (Å²) in [6, 6.07) is 0. The van der Waals surface area contributed by atoms with Gasteiger partial charge in [0.15, 0.2) is 6.19 Å². The fourth-order valence-electron chi connectivity index (χ4n) is 0.623. The summed E-state index contributed by atoms with van der Waals surface area (Å²) in [6.07, 6.45) is 3.67. The normalized spacial score (nSPS) is 11.3. The molecule has 0 radical (unpaired) electrons. The first-order valence-electron chi connectivity index (χ1n) is 3.27. The Labute approximate surface area is 61.5 Å². The van der Waals surface area contributed by atoms with Crippen molar-refractivity contribution in [1.82, 2.24) is 5.32 Å². The zero-order valence-corrected chi connectivity index (χ0v) is 6.39. The number of allylic oxidation sites excluding steroid dienone is 1. The molecule has 0 aliphatic heterocycles. The van der Waals surface area contributed by atoms with Crippen molar-refractivity contribution in [2.75, 3.05) is 6.54 Å². The van der Waals surface area contributed by atoms with Gasteiger partial charge in [0.2, 0.25) is 0 Å². The standard InChI is InChI=1S/C7H13N3/c1-6(2)7(3-4-8)10-5-9/h3,6,10H,4,8H2,1-2H3. The van der Waals surface area contributed by atoms with Crippen LogP contribution in [0.4, 0.5) is 0 Å². The molecule has 3 nitrogen and oxygen atoms in total. The number of nitriles is 1. The first-order chi connectivity index (χ1) is 4.72. The van der Waals surface area contributed by atoms with Gasteiger partial charge in [-0.1, -0.05) is 19.9 Å². The number of hydrogen-bond acceptors (Lipinski definition) is 3. The highest BCUT2D eigenvalue weighted by Crippen LogP contribution is 2.03. The third-order valence-electron chi connectivity index (χ3n) is 1.16. The summed E-state index contributed by atoms with van der Waals surface area (Å²) >= 11 is 0. The van der Waals surface area contributed by atoms with Crippen molar-refractivity contribution >= 4 is 0 Å². The molecule has 56 valence electrons. The van der Waals surface area contributed by atoms with Crippen LogP contribution in [0.25, 0.3) is 0 Å². The molecule has 10 heavy (non-hydrogen) atoms. The molecule has 0 unspecified atom stereocenters. The minimum Gasteiger partial charge on any atom is -0.327 e. The van der Waals surface area contributed by atoms with Gasteiger partial charge in [0.25, 0.3) is 0 Å². The zero-order valence-electron chi connectivity index (χ0n) is 6.39. The Hall–Kier alpha value is -1.01.